The Morgan fingerprint density at radius 3 is 2.15 bits per heavy atom. The second-order valence-electron chi connectivity index (χ2n) is 8.18. The Kier molecular flexibility index (Phi) is 6.30. The molecule has 0 aliphatic carbocycles. The number of hydrogen-bond donors (Lipinski definition) is 2. The molecule has 0 fully saturated rings. The molecule has 0 aliphatic rings. The van der Waals surface area contributed by atoms with Crippen molar-refractivity contribution in [2.24, 2.45) is 7.05 Å². The molecule has 1 heterocycles. The van der Waals surface area contributed by atoms with Gasteiger partial charge in [-0.1, -0.05) is 30.3 Å². The van der Waals surface area contributed by atoms with Crippen molar-refractivity contribution in [2.45, 2.75) is 31.7 Å². The molecule has 4 aromatic rings. The van der Waals surface area contributed by atoms with Crippen molar-refractivity contribution in [1.29, 1.82) is 0 Å². The van der Waals surface area contributed by atoms with E-state index in [2.05, 4.69) is 10.0 Å². The van der Waals surface area contributed by atoms with Gasteiger partial charge in [-0.3, -0.25) is 18.7 Å². The lowest BCUT2D eigenvalue weighted by Gasteiger charge is -2.13. The number of carbonyl (C=O) groups excluding carboxylic acids is 1. The molecule has 176 valence electrons. The summed E-state index contributed by atoms with van der Waals surface area (Å²) in [7, 11) is -2.08. The molecule has 0 atom stereocenters. The number of anilines is 2. The van der Waals surface area contributed by atoms with Crippen LogP contribution in [0.4, 0.5) is 11.4 Å². The summed E-state index contributed by atoms with van der Waals surface area (Å²) in [5.41, 5.74) is 4.09. The quantitative estimate of drug-likeness (QED) is 0.422. The van der Waals surface area contributed by atoms with Crippen LogP contribution in [0.1, 0.15) is 17.5 Å². The van der Waals surface area contributed by atoms with Gasteiger partial charge >= 0.3 is 5.69 Å². The fourth-order valence-electron chi connectivity index (χ4n) is 3.90. The number of aromatic nitrogens is 2. The summed E-state index contributed by atoms with van der Waals surface area (Å²) >= 11 is 0. The van der Waals surface area contributed by atoms with Gasteiger partial charge in [-0.15, -0.1) is 0 Å². The van der Waals surface area contributed by atoms with E-state index in [4.69, 9.17) is 0 Å². The van der Waals surface area contributed by atoms with E-state index < -0.39 is 10.0 Å². The van der Waals surface area contributed by atoms with E-state index in [1.54, 1.807) is 28.3 Å². The Morgan fingerprint density at radius 2 is 1.50 bits per heavy atom. The molecule has 1 aromatic heterocycles. The first-order valence-corrected chi connectivity index (χ1v) is 12.3. The number of rotatable bonds is 7. The van der Waals surface area contributed by atoms with Crippen LogP contribution in [0.3, 0.4) is 0 Å². The van der Waals surface area contributed by atoms with Gasteiger partial charge in [0.15, 0.2) is 0 Å². The number of hydrogen-bond acceptors (Lipinski definition) is 4. The lowest BCUT2D eigenvalue weighted by atomic mass is 10.1. The summed E-state index contributed by atoms with van der Waals surface area (Å²) in [4.78, 5) is 25.1. The number of carbonyl (C=O) groups is 1. The largest absolute Gasteiger partial charge is 0.328 e. The van der Waals surface area contributed by atoms with Gasteiger partial charge in [-0.2, -0.15) is 0 Å². The number of para-hydroxylation sites is 3. The van der Waals surface area contributed by atoms with Crippen LogP contribution in [0.2, 0.25) is 0 Å². The van der Waals surface area contributed by atoms with Gasteiger partial charge in [0.05, 0.1) is 21.6 Å². The minimum Gasteiger partial charge on any atom is -0.326 e. The van der Waals surface area contributed by atoms with Gasteiger partial charge in [0.2, 0.25) is 5.91 Å². The lowest BCUT2D eigenvalue weighted by molar-refractivity contribution is -0.116. The van der Waals surface area contributed by atoms with Gasteiger partial charge in [-0.25, -0.2) is 13.2 Å². The third-order valence-corrected chi connectivity index (χ3v) is 7.15. The van der Waals surface area contributed by atoms with Crippen molar-refractivity contribution in [2.75, 3.05) is 10.0 Å². The summed E-state index contributed by atoms with van der Waals surface area (Å²) < 4.78 is 31.4. The zero-order valence-corrected chi connectivity index (χ0v) is 20.0. The minimum atomic E-state index is -3.78. The standard InChI is InChI=1S/C25H26N4O4S/c1-17-7-6-8-18(2)24(17)27-34(32,33)20-13-11-19(12-14-20)26-23(30)15-16-29-22-10-5-4-9-21(22)28(3)25(29)31/h4-14,27H,15-16H2,1-3H3,(H,26,30). The zero-order chi connectivity index (χ0) is 24.5. The number of fused-ring (bicyclic) bond motifs is 1. The van der Waals surface area contributed by atoms with Crippen LogP contribution in [0.5, 0.6) is 0 Å². The Hall–Kier alpha value is -3.85. The van der Waals surface area contributed by atoms with E-state index >= 15 is 0 Å². The molecule has 0 saturated heterocycles. The van der Waals surface area contributed by atoms with E-state index in [1.165, 1.54) is 12.1 Å². The summed E-state index contributed by atoms with van der Waals surface area (Å²) in [6.07, 6.45) is 0.0993. The number of amides is 1. The molecule has 0 aliphatic heterocycles. The van der Waals surface area contributed by atoms with Crippen LogP contribution in [-0.2, 0) is 28.4 Å². The fourth-order valence-corrected chi connectivity index (χ4v) is 5.11. The van der Waals surface area contributed by atoms with Crippen molar-refractivity contribution < 1.29 is 13.2 Å². The molecule has 0 saturated carbocycles. The second kappa shape index (κ2) is 9.18. The number of sulfonamides is 1. The molecule has 34 heavy (non-hydrogen) atoms. The predicted molar refractivity (Wildman–Crippen MR) is 134 cm³/mol. The van der Waals surface area contributed by atoms with Crippen molar-refractivity contribution in [3.05, 3.63) is 88.3 Å². The Labute approximate surface area is 197 Å². The van der Waals surface area contributed by atoms with E-state index in [0.29, 0.717) is 11.4 Å². The van der Waals surface area contributed by atoms with Crippen LogP contribution < -0.4 is 15.7 Å². The van der Waals surface area contributed by atoms with Crippen LogP contribution in [0.15, 0.2) is 76.4 Å². The summed E-state index contributed by atoms with van der Waals surface area (Å²) in [6, 6.07) is 19.0. The first-order valence-electron chi connectivity index (χ1n) is 10.8. The zero-order valence-electron chi connectivity index (χ0n) is 19.2. The monoisotopic (exact) mass is 478 g/mol. The normalized spacial score (nSPS) is 11.5. The van der Waals surface area contributed by atoms with E-state index in [1.807, 2.05) is 56.3 Å². The number of nitrogens with one attached hydrogen (secondary N) is 2. The van der Waals surface area contributed by atoms with Crippen LogP contribution in [0, 0.1) is 13.8 Å². The average Bonchev–Trinajstić information content (AvgIpc) is 3.05. The smallest absolute Gasteiger partial charge is 0.326 e. The number of aryl methyl sites for hydroxylation is 4. The molecule has 2 N–H and O–H groups in total. The predicted octanol–water partition coefficient (Wildman–Crippen LogP) is 3.79. The molecule has 0 unspecified atom stereocenters. The Bertz CT molecular complexity index is 1510. The van der Waals surface area contributed by atoms with Crippen molar-refractivity contribution in [3.63, 3.8) is 0 Å². The van der Waals surface area contributed by atoms with Gasteiger partial charge in [0.1, 0.15) is 0 Å². The molecule has 8 nitrogen and oxygen atoms in total. The molecule has 4 rings (SSSR count). The number of benzene rings is 3. The average molecular weight is 479 g/mol. The highest BCUT2D eigenvalue weighted by atomic mass is 32.2. The van der Waals surface area contributed by atoms with E-state index in [0.717, 1.165) is 22.2 Å². The molecular weight excluding hydrogens is 452 g/mol. The molecule has 9 heteroatoms. The van der Waals surface area contributed by atoms with Crippen LogP contribution in [-0.4, -0.2) is 23.5 Å². The van der Waals surface area contributed by atoms with Crippen molar-refractivity contribution >= 4 is 38.3 Å². The van der Waals surface area contributed by atoms with Crippen molar-refractivity contribution in [1.82, 2.24) is 9.13 Å². The van der Waals surface area contributed by atoms with Crippen LogP contribution in [0.25, 0.3) is 11.0 Å². The number of nitrogens with zero attached hydrogens (tertiary/aromatic N) is 2. The molecule has 0 spiro atoms. The van der Waals surface area contributed by atoms with Gasteiger partial charge < -0.3 is 5.32 Å². The van der Waals surface area contributed by atoms with Gasteiger partial charge in [-0.05, 0) is 61.4 Å². The maximum atomic E-state index is 12.8. The highest BCUT2D eigenvalue weighted by Gasteiger charge is 2.17. The lowest BCUT2D eigenvalue weighted by Crippen LogP contribution is -2.24. The minimum absolute atomic E-state index is 0.0930. The van der Waals surface area contributed by atoms with Crippen molar-refractivity contribution in [3.8, 4) is 0 Å². The Morgan fingerprint density at radius 1 is 0.882 bits per heavy atom. The summed E-state index contributed by atoms with van der Waals surface area (Å²) in [5.74, 6) is -0.274. The first kappa shape index (κ1) is 23.3. The van der Waals surface area contributed by atoms with E-state index in [-0.39, 0.29) is 29.5 Å². The molecule has 0 bridgehead atoms. The molecule has 3 aromatic carbocycles. The maximum absolute atomic E-state index is 12.8. The third-order valence-electron chi connectivity index (χ3n) is 5.78. The second-order valence-corrected chi connectivity index (χ2v) is 9.86. The van der Waals surface area contributed by atoms with Gasteiger partial charge in [0.25, 0.3) is 10.0 Å². The summed E-state index contributed by atoms with van der Waals surface area (Å²) in [6.45, 7) is 3.92. The third kappa shape index (κ3) is 4.60. The van der Waals surface area contributed by atoms with Crippen LogP contribution >= 0.6 is 0 Å². The maximum Gasteiger partial charge on any atom is 0.328 e. The first-order chi connectivity index (χ1) is 16.2. The Balaban J connectivity index is 1.42. The molecular formula is C25H26N4O4S. The van der Waals surface area contributed by atoms with Gasteiger partial charge in [0, 0.05) is 25.7 Å². The molecule has 0 radical (unpaired) electrons. The molecule has 1 amide bonds. The topological polar surface area (TPSA) is 102 Å². The van der Waals surface area contributed by atoms with E-state index in [9.17, 15) is 18.0 Å². The fraction of sp³-hybridized carbons (Fsp3) is 0.200. The summed E-state index contributed by atoms with van der Waals surface area (Å²) in [5, 5.41) is 2.76. The highest BCUT2D eigenvalue weighted by molar-refractivity contribution is 7.92. The highest BCUT2D eigenvalue weighted by Crippen LogP contribution is 2.24. The number of imidazole rings is 1. The SMILES string of the molecule is Cc1cccc(C)c1NS(=O)(=O)c1ccc(NC(=O)CCn2c(=O)n(C)c3ccccc32)cc1.